The van der Waals surface area contributed by atoms with E-state index in [-0.39, 0.29) is 5.91 Å². The Morgan fingerprint density at radius 2 is 2.11 bits per heavy atom. The number of rotatable bonds is 7. The number of hydrazine groups is 1. The average Bonchev–Trinajstić information content (AvgIpc) is 2.34. The standard InChI is InChI=1S/C10H18N6O2/c1-7(17)12-3-4-13-8-5-9(16-11)15-10(14-8)6-18-2/h5H,3-4,6,11H2,1-2H3,(H,12,17)(H2,13,14,15,16). The molecule has 18 heavy (non-hydrogen) atoms. The van der Waals surface area contributed by atoms with E-state index in [4.69, 9.17) is 10.6 Å². The number of anilines is 2. The van der Waals surface area contributed by atoms with Gasteiger partial charge in [0.2, 0.25) is 5.91 Å². The molecule has 1 aromatic rings. The first-order chi connectivity index (χ1) is 8.65. The van der Waals surface area contributed by atoms with Crippen LogP contribution >= 0.6 is 0 Å². The van der Waals surface area contributed by atoms with Gasteiger partial charge in [-0.25, -0.2) is 15.8 Å². The summed E-state index contributed by atoms with van der Waals surface area (Å²) in [6.07, 6.45) is 0. The topological polar surface area (TPSA) is 114 Å². The molecule has 0 atom stereocenters. The van der Waals surface area contributed by atoms with Crippen LogP contribution < -0.4 is 21.9 Å². The zero-order chi connectivity index (χ0) is 13.4. The zero-order valence-corrected chi connectivity index (χ0v) is 10.5. The van der Waals surface area contributed by atoms with Gasteiger partial charge in [0, 0.05) is 33.2 Å². The van der Waals surface area contributed by atoms with Crippen molar-refractivity contribution in [2.24, 2.45) is 5.84 Å². The zero-order valence-electron chi connectivity index (χ0n) is 10.5. The minimum Gasteiger partial charge on any atom is -0.377 e. The van der Waals surface area contributed by atoms with Crippen LogP contribution in [0.4, 0.5) is 11.6 Å². The Morgan fingerprint density at radius 1 is 1.39 bits per heavy atom. The molecule has 0 unspecified atom stereocenters. The van der Waals surface area contributed by atoms with Gasteiger partial charge in [-0.2, -0.15) is 0 Å². The van der Waals surface area contributed by atoms with E-state index in [1.54, 1.807) is 13.2 Å². The van der Waals surface area contributed by atoms with Crippen molar-refractivity contribution >= 4 is 17.5 Å². The van der Waals surface area contributed by atoms with Crippen LogP contribution in [0.15, 0.2) is 6.07 Å². The molecule has 1 rings (SSSR count). The molecule has 8 heteroatoms. The summed E-state index contributed by atoms with van der Waals surface area (Å²) >= 11 is 0. The lowest BCUT2D eigenvalue weighted by Gasteiger charge is -2.09. The van der Waals surface area contributed by atoms with Crippen LogP contribution in [0, 0.1) is 0 Å². The van der Waals surface area contributed by atoms with Gasteiger partial charge >= 0.3 is 0 Å². The van der Waals surface area contributed by atoms with Gasteiger partial charge in [0.1, 0.15) is 18.2 Å². The maximum absolute atomic E-state index is 10.7. The number of ether oxygens (including phenoxy) is 1. The number of nitrogens with one attached hydrogen (secondary N) is 3. The van der Waals surface area contributed by atoms with Gasteiger partial charge in [0.15, 0.2) is 5.82 Å². The Balaban J connectivity index is 2.57. The highest BCUT2D eigenvalue weighted by atomic mass is 16.5. The first-order valence-electron chi connectivity index (χ1n) is 5.47. The minimum absolute atomic E-state index is 0.0659. The molecule has 0 saturated carbocycles. The second-order valence-corrected chi connectivity index (χ2v) is 3.54. The molecule has 0 aliphatic heterocycles. The molecule has 0 saturated heterocycles. The van der Waals surface area contributed by atoms with Crippen LogP contribution in [0.25, 0.3) is 0 Å². The molecule has 1 heterocycles. The maximum atomic E-state index is 10.7. The van der Waals surface area contributed by atoms with Gasteiger partial charge in [-0.1, -0.05) is 0 Å². The number of amides is 1. The lowest BCUT2D eigenvalue weighted by atomic mass is 10.4. The third-order valence-electron chi connectivity index (χ3n) is 2.00. The van der Waals surface area contributed by atoms with E-state index in [9.17, 15) is 4.79 Å². The largest absolute Gasteiger partial charge is 0.377 e. The van der Waals surface area contributed by atoms with Crippen molar-refractivity contribution in [1.29, 1.82) is 0 Å². The third-order valence-corrected chi connectivity index (χ3v) is 2.00. The number of nitrogen functional groups attached to an aromatic ring is 1. The second kappa shape index (κ2) is 7.41. The second-order valence-electron chi connectivity index (χ2n) is 3.54. The van der Waals surface area contributed by atoms with E-state index in [1.165, 1.54) is 6.92 Å². The third kappa shape index (κ3) is 4.93. The van der Waals surface area contributed by atoms with Gasteiger partial charge in [-0.15, -0.1) is 0 Å². The quantitative estimate of drug-likeness (QED) is 0.293. The summed E-state index contributed by atoms with van der Waals surface area (Å²) in [5, 5.41) is 5.73. The van der Waals surface area contributed by atoms with E-state index in [0.717, 1.165) is 0 Å². The van der Waals surface area contributed by atoms with Crippen molar-refractivity contribution in [2.45, 2.75) is 13.5 Å². The minimum atomic E-state index is -0.0659. The van der Waals surface area contributed by atoms with Crippen LogP contribution in [0.3, 0.4) is 0 Å². The molecule has 0 aromatic carbocycles. The Labute approximate surface area is 105 Å². The summed E-state index contributed by atoms with van der Waals surface area (Å²) in [5.41, 5.74) is 2.46. The van der Waals surface area contributed by atoms with Crippen molar-refractivity contribution in [3.05, 3.63) is 11.9 Å². The molecule has 5 N–H and O–H groups in total. The van der Waals surface area contributed by atoms with Gasteiger partial charge in [0.05, 0.1) is 0 Å². The fourth-order valence-electron chi connectivity index (χ4n) is 1.28. The predicted molar refractivity (Wildman–Crippen MR) is 67.7 cm³/mol. The molecule has 0 fully saturated rings. The Morgan fingerprint density at radius 3 is 2.72 bits per heavy atom. The number of carbonyl (C=O) groups is 1. The van der Waals surface area contributed by atoms with Gasteiger partial charge in [-0.05, 0) is 0 Å². The molecular formula is C10H18N6O2. The van der Waals surface area contributed by atoms with Crippen molar-refractivity contribution in [3.8, 4) is 0 Å². The molecule has 0 radical (unpaired) electrons. The lowest BCUT2D eigenvalue weighted by Crippen LogP contribution is -2.26. The number of nitrogens with zero attached hydrogens (tertiary/aromatic N) is 2. The van der Waals surface area contributed by atoms with Gasteiger partial charge in [0.25, 0.3) is 0 Å². The number of carbonyl (C=O) groups excluding carboxylic acids is 1. The molecular weight excluding hydrogens is 236 g/mol. The van der Waals surface area contributed by atoms with Gasteiger partial charge in [-0.3, -0.25) is 4.79 Å². The average molecular weight is 254 g/mol. The first-order valence-corrected chi connectivity index (χ1v) is 5.47. The number of hydrogen-bond donors (Lipinski definition) is 4. The van der Waals surface area contributed by atoms with Crippen molar-refractivity contribution in [3.63, 3.8) is 0 Å². The monoisotopic (exact) mass is 254 g/mol. The van der Waals surface area contributed by atoms with Crippen LogP contribution in [-0.2, 0) is 16.1 Å². The highest BCUT2D eigenvalue weighted by Gasteiger charge is 2.03. The summed E-state index contributed by atoms with van der Waals surface area (Å²) < 4.78 is 4.96. The number of methoxy groups -OCH3 is 1. The molecule has 100 valence electrons. The van der Waals surface area contributed by atoms with Gasteiger partial charge < -0.3 is 20.8 Å². The smallest absolute Gasteiger partial charge is 0.216 e. The number of hydrogen-bond acceptors (Lipinski definition) is 7. The summed E-state index contributed by atoms with van der Waals surface area (Å²) in [5.74, 6) is 6.89. The molecule has 0 aliphatic rings. The molecule has 0 bridgehead atoms. The molecule has 1 amide bonds. The Bertz CT molecular complexity index is 398. The first kappa shape index (κ1) is 14.1. The SMILES string of the molecule is COCc1nc(NN)cc(NCCNC(C)=O)n1. The highest BCUT2D eigenvalue weighted by molar-refractivity contribution is 5.72. The van der Waals surface area contributed by atoms with E-state index in [2.05, 4.69) is 26.0 Å². The van der Waals surface area contributed by atoms with E-state index in [1.807, 2.05) is 0 Å². The maximum Gasteiger partial charge on any atom is 0.216 e. The predicted octanol–water partition coefficient (Wildman–Crippen LogP) is -0.543. The summed E-state index contributed by atoms with van der Waals surface area (Å²) in [7, 11) is 1.57. The van der Waals surface area contributed by atoms with E-state index >= 15 is 0 Å². The highest BCUT2D eigenvalue weighted by Crippen LogP contribution is 2.10. The molecule has 0 aliphatic carbocycles. The molecule has 8 nitrogen and oxygen atoms in total. The number of nitrogens with two attached hydrogens (primary N) is 1. The van der Waals surface area contributed by atoms with Crippen LogP contribution in [0.2, 0.25) is 0 Å². The lowest BCUT2D eigenvalue weighted by molar-refractivity contribution is -0.118. The van der Waals surface area contributed by atoms with Crippen molar-refractivity contribution in [2.75, 3.05) is 30.9 Å². The summed E-state index contributed by atoms with van der Waals surface area (Å²) in [6.45, 7) is 2.85. The van der Waals surface area contributed by atoms with E-state index < -0.39 is 0 Å². The van der Waals surface area contributed by atoms with Crippen LogP contribution in [0.1, 0.15) is 12.7 Å². The fraction of sp³-hybridized carbons (Fsp3) is 0.500. The molecule has 0 spiro atoms. The van der Waals surface area contributed by atoms with E-state index in [0.29, 0.717) is 37.2 Å². The fourth-order valence-corrected chi connectivity index (χ4v) is 1.28. The molecule has 1 aromatic heterocycles. The van der Waals surface area contributed by atoms with Crippen LogP contribution in [-0.4, -0.2) is 36.1 Å². The summed E-state index contributed by atoms with van der Waals surface area (Å²) in [6, 6.07) is 1.67. The van der Waals surface area contributed by atoms with Crippen LogP contribution in [0.5, 0.6) is 0 Å². The normalized spacial score (nSPS) is 9.94. The summed E-state index contributed by atoms with van der Waals surface area (Å²) in [4.78, 5) is 19.0. The van der Waals surface area contributed by atoms with Crippen molar-refractivity contribution < 1.29 is 9.53 Å². The Hall–Kier alpha value is -1.93. The number of aromatic nitrogens is 2. The Kier molecular flexibility index (Phi) is 5.81. The van der Waals surface area contributed by atoms with Crippen molar-refractivity contribution in [1.82, 2.24) is 15.3 Å².